The molecule has 7 nitrogen and oxygen atoms in total. The third-order valence-electron chi connectivity index (χ3n) is 4.38. The van der Waals surface area contributed by atoms with Crippen LogP contribution in [0, 0.1) is 5.21 Å². The first-order chi connectivity index (χ1) is 12.2. The van der Waals surface area contributed by atoms with Gasteiger partial charge < -0.3 is 24.3 Å². The summed E-state index contributed by atoms with van der Waals surface area (Å²) in [7, 11) is 1.61. The fourth-order valence-corrected chi connectivity index (χ4v) is 3.07. The molecule has 2 atom stereocenters. The topological polar surface area (TPSA) is 79.6 Å². The van der Waals surface area contributed by atoms with Crippen LogP contribution in [0.4, 0.5) is 0 Å². The van der Waals surface area contributed by atoms with Gasteiger partial charge in [-0.2, -0.15) is 0 Å². The second kappa shape index (κ2) is 8.13. The summed E-state index contributed by atoms with van der Waals surface area (Å²) in [6.45, 7) is 0.765. The van der Waals surface area contributed by atoms with Crippen molar-refractivity contribution in [2.45, 2.75) is 31.4 Å². The number of carbonyl (C=O) groups is 1. The van der Waals surface area contributed by atoms with Crippen molar-refractivity contribution in [3.05, 3.63) is 53.8 Å². The van der Waals surface area contributed by atoms with Crippen LogP contribution in [0.5, 0.6) is 5.75 Å². The summed E-state index contributed by atoms with van der Waals surface area (Å²) in [5.41, 5.74) is 0.963. The van der Waals surface area contributed by atoms with Crippen molar-refractivity contribution in [3.8, 4) is 5.75 Å². The van der Waals surface area contributed by atoms with Crippen molar-refractivity contribution in [2.24, 2.45) is 0 Å². The van der Waals surface area contributed by atoms with Crippen molar-refractivity contribution in [3.63, 3.8) is 0 Å². The maximum Gasteiger partial charge on any atom is 0.308 e. The van der Waals surface area contributed by atoms with Crippen LogP contribution < -0.4 is 4.74 Å². The molecule has 0 amide bonds. The van der Waals surface area contributed by atoms with Crippen molar-refractivity contribution in [2.75, 3.05) is 20.2 Å². The van der Waals surface area contributed by atoms with Gasteiger partial charge in [-0.1, -0.05) is 12.1 Å². The number of benzene rings is 1. The molecule has 0 N–H and O–H groups in total. The molecule has 1 fully saturated rings. The fraction of sp³-hybridized carbons (Fsp3) is 0.444. The van der Waals surface area contributed by atoms with E-state index in [9.17, 15) is 10.0 Å². The van der Waals surface area contributed by atoms with Gasteiger partial charge in [0.2, 0.25) is 0 Å². The highest BCUT2D eigenvalue weighted by atomic mass is 16.6. The van der Waals surface area contributed by atoms with Gasteiger partial charge in [-0.3, -0.25) is 4.79 Å². The summed E-state index contributed by atoms with van der Waals surface area (Å²) in [6, 6.07) is 7.36. The number of rotatable bonds is 6. The molecule has 1 aliphatic heterocycles. The van der Waals surface area contributed by atoms with Gasteiger partial charge >= 0.3 is 5.97 Å². The lowest BCUT2D eigenvalue weighted by atomic mass is 10.0. The number of imidazole rings is 1. The van der Waals surface area contributed by atoms with E-state index in [1.165, 1.54) is 0 Å². The van der Waals surface area contributed by atoms with Gasteiger partial charge in [-0.25, -0.2) is 4.98 Å². The van der Waals surface area contributed by atoms with Gasteiger partial charge in [0, 0.05) is 18.9 Å². The standard InChI is InChI=1S/C18H22N3O4/c1-24-15-6-4-14(5-7-15)17(20-10-8-19-13-20)11-18(22)25-16-3-2-9-21(23)12-16/h4-8,10,13,16-17H,2-3,9,11-12H2,1H3/q-1. The minimum atomic E-state index is -0.321. The first kappa shape index (κ1) is 17.4. The number of methoxy groups -OCH3 is 1. The number of carbonyl (C=O) groups excluding carboxylic acids is 1. The summed E-state index contributed by atoms with van der Waals surface area (Å²) in [5, 5.41) is 12.4. The van der Waals surface area contributed by atoms with E-state index in [4.69, 9.17) is 9.47 Å². The molecule has 1 aromatic heterocycles. The minimum absolute atomic E-state index is 0.179. The van der Waals surface area contributed by atoms with Gasteiger partial charge in [0.1, 0.15) is 11.9 Å². The van der Waals surface area contributed by atoms with E-state index < -0.39 is 0 Å². The maximum absolute atomic E-state index is 12.4. The molecule has 0 spiro atoms. The largest absolute Gasteiger partial charge is 0.785 e. The second-order valence-corrected chi connectivity index (χ2v) is 6.15. The third kappa shape index (κ3) is 4.58. The Kier molecular flexibility index (Phi) is 5.67. The zero-order valence-corrected chi connectivity index (χ0v) is 14.2. The Hall–Kier alpha value is -2.38. The molecule has 7 heteroatoms. The summed E-state index contributed by atoms with van der Waals surface area (Å²) < 4.78 is 12.6. The van der Waals surface area contributed by atoms with Gasteiger partial charge in [0.05, 0.1) is 25.9 Å². The molecule has 3 rings (SSSR count). The molecule has 2 aromatic rings. The number of hydroxylamine groups is 2. The normalized spacial score (nSPS) is 19.4. The Balaban J connectivity index is 1.70. The highest BCUT2D eigenvalue weighted by molar-refractivity contribution is 5.70. The van der Waals surface area contributed by atoms with Crippen molar-refractivity contribution < 1.29 is 14.3 Å². The maximum atomic E-state index is 12.4. The van der Waals surface area contributed by atoms with Crippen LogP contribution in [-0.2, 0) is 9.53 Å². The minimum Gasteiger partial charge on any atom is -0.785 e. The zero-order chi connectivity index (χ0) is 17.6. The fourth-order valence-electron chi connectivity index (χ4n) is 3.07. The Labute approximate surface area is 146 Å². The van der Waals surface area contributed by atoms with Gasteiger partial charge in [-0.05, 0) is 37.1 Å². The van der Waals surface area contributed by atoms with E-state index in [2.05, 4.69) is 4.98 Å². The Morgan fingerprint density at radius 2 is 2.20 bits per heavy atom. The van der Waals surface area contributed by atoms with E-state index in [1.807, 2.05) is 35.0 Å². The average molecular weight is 344 g/mol. The third-order valence-corrected chi connectivity index (χ3v) is 4.38. The molecule has 0 bridgehead atoms. The number of esters is 1. The average Bonchev–Trinajstić information content (AvgIpc) is 3.14. The Morgan fingerprint density at radius 1 is 1.40 bits per heavy atom. The van der Waals surface area contributed by atoms with Crippen LogP contribution >= 0.6 is 0 Å². The first-order valence-corrected chi connectivity index (χ1v) is 8.38. The van der Waals surface area contributed by atoms with Crippen molar-refractivity contribution >= 4 is 5.97 Å². The van der Waals surface area contributed by atoms with Gasteiger partial charge in [0.15, 0.2) is 0 Å². The number of nitrogens with zero attached hydrogens (tertiary/aromatic N) is 3. The number of hydrogen-bond donors (Lipinski definition) is 0. The molecule has 0 aliphatic carbocycles. The summed E-state index contributed by atoms with van der Waals surface area (Å²) in [5.74, 6) is 0.447. The van der Waals surface area contributed by atoms with E-state index in [0.717, 1.165) is 29.2 Å². The van der Waals surface area contributed by atoms with Crippen LogP contribution in [0.1, 0.15) is 30.9 Å². The van der Waals surface area contributed by atoms with Gasteiger partial charge in [-0.15, -0.1) is 0 Å². The lowest BCUT2D eigenvalue weighted by Gasteiger charge is -2.36. The predicted octanol–water partition coefficient (Wildman–Crippen LogP) is 2.38. The zero-order valence-electron chi connectivity index (χ0n) is 14.2. The molecule has 1 aromatic carbocycles. The summed E-state index contributed by atoms with van der Waals surface area (Å²) in [6.07, 6.45) is 6.53. The van der Waals surface area contributed by atoms with E-state index in [-0.39, 0.29) is 31.1 Å². The van der Waals surface area contributed by atoms with Crippen LogP contribution in [0.2, 0.25) is 0 Å². The Morgan fingerprint density at radius 3 is 2.84 bits per heavy atom. The lowest BCUT2D eigenvalue weighted by molar-refractivity contribution is -0.151. The lowest BCUT2D eigenvalue weighted by Crippen LogP contribution is -2.37. The SMILES string of the molecule is COc1ccc(C(CC(=O)OC2CCCN([O-])C2)n2ccnc2)cc1. The second-order valence-electron chi connectivity index (χ2n) is 6.15. The quantitative estimate of drug-likeness (QED) is 0.749. The smallest absolute Gasteiger partial charge is 0.308 e. The molecule has 0 saturated carbocycles. The number of piperidine rings is 1. The Bertz CT molecular complexity index is 672. The van der Waals surface area contributed by atoms with Crippen LogP contribution in [0.3, 0.4) is 0 Å². The van der Waals surface area contributed by atoms with Crippen LogP contribution in [-0.4, -0.2) is 46.9 Å². The molecule has 2 heterocycles. The molecule has 0 radical (unpaired) electrons. The number of ether oxygens (including phenoxy) is 2. The summed E-state index contributed by atoms with van der Waals surface area (Å²) >= 11 is 0. The first-order valence-electron chi connectivity index (χ1n) is 8.38. The molecule has 2 unspecified atom stereocenters. The monoisotopic (exact) mass is 344 g/mol. The molecular formula is C18H22N3O4-. The molecular weight excluding hydrogens is 322 g/mol. The number of hydrogen-bond acceptors (Lipinski definition) is 6. The van der Waals surface area contributed by atoms with Crippen molar-refractivity contribution in [1.82, 2.24) is 14.6 Å². The predicted molar refractivity (Wildman–Crippen MR) is 92.0 cm³/mol. The van der Waals surface area contributed by atoms with Crippen LogP contribution in [0.25, 0.3) is 0 Å². The van der Waals surface area contributed by atoms with E-state index in [0.29, 0.717) is 6.54 Å². The van der Waals surface area contributed by atoms with Crippen molar-refractivity contribution in [1.29, 1.82) is 0 Å². The van der Waals surface area contributed by atoms with E-state index in [1.54, 1.807) is 19.6 Å². The molecule has 134 valence electrons. The number of aromatic nitrogens is 2. The summed E-state index contributed by atoms with van der Waals surface area (Å²) in [4.78, 5) is 16.5. The van der Waals surface area contributed by atoms with E-state index >= 15 is 0 Å². The van der Waals surface area contributed by atoms with Gasteiger partial charge in [0.25, 0.3) is 0 Å². The molecule has 1 saturated heterocycles. The molecule has 25 heavy (non-hydrogen) atoms. The van der Waals surface area contributed by atoms with Crippen LogP contribution in [0.15, 0.2) is 43.0 Å². The molecule has 1 aliphatic rings. The highest BCUT2D eigenvalue weighted by Crippen LogP contribution is 2.25. The highest BCUT2D eigenvalue weighted by Gasteiger charge is 2.23.